The lowest BCUT2D eigenvalue weighted by Crippen LogP contribution is -2.10. The maximum absolute atomic E-state index is 11.0. The van der Waals surface area contributed by atoms with E-state index in [1.54, 1.807) is 6.07 Å². The van der Waals surface area contributed by atoms with Gasteiger partial charge in [0.15, 0.2) is 5.82 Å². The fourth-order valence-electron chi connectivity index (χ4n) is 5.37. The third kappa shape index (κ3) is 4.34. The number of hydrogen-bond acceptors (Lipinski definition) is 4. The van der Waals surface area contributed by atoms with Crippen molar-refractivity contribution >= 4 is 21.8 Å². The second-order valence-electron chi connectivity index (χ2n) is 11.4. The Balaban J connectivity index is 1.49. The SMILES string of the molecule is CC(C)(C)c1ccc(O)c(-c2nn(-c3cc(-c4ccccc4)cc(-c4cccc5cn[nH]c45)n3)c3ccccc23)c1. The molecule has 7 rings (SSSR count). The van der Waals surface area contributed by atoms with Crippen LogP contribution in [0.1, 0.15) is 26.3 Å². The van der Waals surface area contributed by atoms with Crippen molar-refractivity contribution in [3.05, 3.63) is 115 Å². The molecule has 0 fully saturated rings. The lowest BCUT2D eigenvalue weighted by molar-refractivity contribution is 0.476. The Morgan fingerprint density at radius 3 is 2.39 bits per heavy atom. The summed E-state index contributed by atoms with van der Waals surface area (Å²) in [6, 6.07) is 34.5. The van der Waals surface area contributed by atoms with Gasteiger partial charge in [0.25, 0.3) is 0 Å². The van der Waals surface area contributed by atoms with Crippen LogP contribution in [0.3, 0.4) is 0 Å². The maximum atomic E-state index is 11.0. The van der Waals surface area contributed by atoms with E-state index in [2.05, 4.69) is 61.3 Å². The van der Waals surface area contributed by atoms with Gasteiger partial charge in [0, 0.05) is 21.9 Å². The summed E-state index contributed by atoms with van der Waals surface area (Å²) in [6.45, 7) is 6.50. The fraction of sp³-hybridized carbons (Fsp3) is 0.114. The number of fused-ring (bicyclic) bond motifs is 2. The average Bonchev–Trinajstić information content (AvgIpc) is 3.62. The van der Waals surface area contributed by atoms with Crippen molar-refractivity contribution < 1.29 is 5.11 Å². The minimum Gasteiger partial charge on any atom is -0.507 e. The summed E-state index contributed by atoms with van der Waals surface area (Å²) in [5.74, 6) is 0.887. The van der Waals surface area contributed by atoms with Gasteiger partial charge < -0.3 is 5.11 Å². The standard InChI is InChI=1S/C35H29N5O/c1-35(2,3)25-16-17-31(41)28(20-25)34-27-13-7-8-15-30(27)40(39-34)32-19-24(22-10-5-4-6-11-22)18-29(37-32)26-14-9-12-23-21-36-38-33(23)26/h4-21,41H,1-3H3,(H,36,38). The largest absolute Gasteiger partial charge is 0.507 e. The number of H-pyrrole nitrogens is 1. The Hall–Kier alpha value is -5.23. The highest BCUT2D eigenvalue weighted by molar-refractivity contribution is 5.96. The van der Waals surface area contributed by atoms with E-state index in [9.17, 15) is 5.11 Å². The predicted molar refractivity (Wildman–Crippen MR) is 165 cm³/mol. The third-order valence-electron chi connectivity index (χ3n) is 7.59. The van der Waals surface area contributed by atoms with Gasteiger partial charge in [-0.1, -0.05) is 93.6 Å². The average molecular weight is 536 g/mol. The summed E-state index contributed by atoms with van der Waals surface area (Å²) in [6.07, 6.45) is 1.83. The predicted octanol–water partition coefficient (Wildman–Crippen LogP) is 8.30. The van der Waals surface area contributed by atoms with Gasteiger partial charge in [-0.05, 0) is 52.4 Å². The van der Waals surface area contributed by atoms with Crippen molar-refractivity contribution in [2.75, 3.05) is 0 Å². The summed E-state index contributed by atoms with van der Waals surface area (Å²) >= 11 is 0. The van der Waals surface area contributed by atoms with Crippen LogP contribution in [0, 0.1) is 0 Å². The molecule has 3 aromatic heterocycles. The first kappa shape index (κ1) is 24.8. The molecular weight excluding hydrogens is 506 g/mol. The van der Waals surface area contributed by atoms with Crippen molar-refractivity contribution in [3.63, 3.8) is 0 Å². The van der Waals surface area contributed by atoms with E-state index in [1.165, 1.54) is 0 Å². The van der Waals surface area contributed by atoms with E-state index < -0.39 is 0 Å². The van der Waals surface area contributed by atoms with E-state index >= 15 is 0 Å². The molecule has 0 atom stereocenters. The first-order chi connectivity index (χ1) is 19.9. The Morgan fingerprint density at radius 2 is 1.56 bits per heavy atom. The van der Waals surface area contributed by atoms with Crippen LogP contribution >= 0.6 is 0 Å². The van der Waals surface area contributed by atoms with Crippen LogP contribution in [0.25, 0.3) is 61.3 Å². The number of pyridine rings is 1. The summed E-state index contributed by atoms with van der Waals surface area (Å²) in [5, 5.41) is 25.5. The van der Waals surface area contributed by atoms with Crippen LogP contribution in [0.2, 0.25) is 0 Å². The molecule has 0 unspecified atom stereocenters. The molecule has 0 radical (unpaired) electrons. The number of aromatic nitrogens is 5. The van der Waals surface area contributed by atoms with Gasteiger partial charge in [-0.25, -0.2) is 9.67 Å². The lowest BCUT2D eigenvalue weighted by atomic mass is 9.85. The number of para-hydroxylation sites is 2. The third-order valence-corrected chi connectivity index (χ3v) is 7.59. The number of phenols is 1. The number of benzene rings is 4. The van der Waals surface area contributed by atoms with Crippen LogP contribution < -0.4 is 0 Å². The minimum absolute atomic E-state index is 0.0744. The Bertz CT molecular complexity index is 2050. The van der Waals surface area contributed by atoms with Gasteiger partial charge in [-0.3, -0.25) is 5.10 Å². The molecule has 0 aliphatic carbocycles. The molecule has 4 aromatic carbocycles. The van der Waals surface area contributed by atoms with Crippen LogP contribution in [0.15, 0.2) is 109 Å². The van der Waals surface area contributed by atoms with Crippen molar-refractivity contribution in [1.29, 1.82) is 0 Å². The highest BCUT2D eigenvalue weighted by Gasteiger charge is 2.21. The van der Waals surface area contributed by atoms with Gasteiger partial charge in [0.2, 0.25) is 0 Å². The van der Waals surface area contributed by atoms with E-state index in [-0.39, 0.29) is 11.2 Å². The van der Waals surface area contributed by atoms with E-state index in [0.29, 0.717) is 17.1 Å². The molecule has 0 aliphatic rings. The van der Waals surface area contributed by atoms with Crippen molar-refractivity contribution in [1.82, 2.24) is 25.0 Å². The molecule has 0 amide bonds. The smallest absolute Gasteiger partial charge is 0.155 e. The summed E-state index contributed by atoms with van der Waals surface area (Å²) in [5.41, 5.74) is 8.21. The molecule has 0 saturated heterocycles. The second-order valence-corrected chi connectivity index (χ2v) is 11.4. The second kappa shape index (κ2) is 9.45. The quantitative estimate of drug-likeness (QED) is 0.238. The summed E-state index contributed by atoms with van der Waals surface area (Å²) in [4.78, 5) is 5.16. The zero-order chi connectivity index (χ0) is 28.1. The molecule has 0 saturated carbocycles. The van der Waals surface area contributed by atoms with Crippen LogP contribution in [0.5, 0.6) is 5.75 Å². The normalized spacial score (nSPS) is 11.9. The molecule has 200 valence electrons. The molecule has 41 heavy (non-hydrogen) atoms. The van der Waals surface area contributed by atoms with Gasteiger partial charge in [0.1, 0.15) is 11.4 Å². The molecule has 7 aromatic rings. The fourth-order valence-corrected chi connectivity index (χ4v) is 5.37. The van der Waals surface area contributed by atoms with E-state index in [0.717, 1.165) is 49.8 Å². The number of rotatable bonds is 4. The zero-order valence-corrected chi connectivity index (χ0v) is 23.1. The number of aromatic amines is 1. The van der Waals surface area contributed by atoms with E-state index in [4.69, 9.17) is 10.1 Å². The van der Waals surface area contributed by atoms with Crippen molar-refractivity contribution in [3.8, 4) is 45.2 Å². The number of aromatic hydroxyl groups is 1. The number of nitrogens with zero attached hydrogens (tertiary/aromatic N) is 4. The lowest BCUT2D eigenvalue weighted by Gasteiger charge is -2.20. The van der Waals surface area contributed by atoms with Gasteiger partial charge in [0.05, 0.1) is 22.9 Å². The molecule has 3 heterocycles. The molecule has 0 bridgehead atoms. The molecule has 2 N–H and O–H groups in total. The Morgan fingerprint density at radius 1 is 0.756 bits per heavy atom. The zero-order valence-electron chi connectivity index (χ0n) is 23.1. The first-order valence-corrected chi connectivity index (χ1v) is 13.7. The molecule has 0 aliphatic heterocycles. The Labute approximate surface area is 238 Å². The molecule has 6 heteroatoms. The number of nitrogens with one attached hydrogen (secondary N) is 1. The summed E-state index contributed by atoms with van der Waals surface area (Å²) in [7, 11) is 0. The highest BCUT2D eigenvalue weighted by Crippen LogP contribution is 2.38. The van der Waals surface area contributed by atoms with Crippen molar-refractivity contribution in [2.45, 2.75) is 26.2 Å². The topological polar surface area (TPSA) is 79.6 Å². The van der Waals surface area contributed by atoms with Crippen LogP contribution in [0.4, 0.5) is 0 Å². The molecule has 6 nitrogen and oxygen atoms in total. The first-order valence-electron chi connectivity index (χ1n) is 13.7. The number of hydrogen-bond donors (Lipinski definition) is 2. The van der Waals surface area contributed by atoms with Gasteiger partial charge in [-0.15, -0.1) is 0 Å². The molecule has 0 spiro atoms. The van der Waals surface area contributed by atoms with E-state index in [1.807, 2.05) is 77.6 Å². The monoisotopic (exact) mass is 535 g/mol. The van der Waals surface area contributed by atoms with Gasteiger partial charge in [-0.2, -0.15) is 10.2 Å². The van der Waals surface area contributed by atoms with Gasteiger partial charge >= 0.3 is 0 Å². The van der Waals surface area contributed by atoms with Crippen molar-refractivity contribution in [2.24, 2.45) is 0 Å². The minimum atomic E-state index is -0.0744. The summed E-state index contributed by atoms with van der Waals surface area (Å²) < 4.78 is 1.89. The van der Waals surface area contributed by atoms with Crippen LogP contribution in [-0.2, 0) is 5.41 Å². The molecular formula is C35H29N5O. The Kier molecular flexibility index (Phi) is 5.71. The maximum Gasteiger partial charge on any atom is 0.155 e. The highest BCUT2D eigenvalue weighted by atomic mass is 16.3. The number of phenolic OH excluding ortho intramolecular Hbond substituents is 1. The van der Waals surface area contributed by atoms with Crippen LogP contribution in [-0.4, -0.2) is 30.1 Å².